The van der Waals surface area contributed by atoms with Crippen LogP contribution in [0.4, 0.5) is 0 Å². The van der Waals surface area contributed by atoms with Gasteiger partial charge in [-0.1, -0.05) is 41.0 Å². The zero-order valence-corrected chi connectivity index (χ0v) is 11.1. The SMILES string of the molecule is CCCN(C)CC(C)(C)CC(C)CC. The van der Waals surface area contributed by atoms with Gasteiger partial charge < -0.3 is 4.90 Å². The highest BCUT2D eigenvalue weighted by Gasteiger charge is 2.21. The third-order valence-corrected chi connectivity index (χ3v) is 2.90. The molecule has 1 atom stereocenters. The van der Waals surface area contributed by atoms with Crippen LogP contribution in [-0.2, 0) is 0 Å². The summed E-state index contributed by atoms with van der Waals surface area (Å²) < 4.78 is 0. The molecular weight excluding hydrogens is 170 g/mol. The van der Waals surface area contributed by atoms with Crippen molar-refractivity contribution in [1.82, 2.24) is 4.90 Å². The molecule has 0 aromatic heterocycles. The monoisotopic (exact) mass is 199 g/mol. The summed E-state index contributed by atoms with van der Waals surface area (Å²) in [6.07, 6.45) is 3.91. The minimum Gasteiger partial charge on any atom is -0.306 e. The summed E-state index contributed by atoms with van der Waals surface area (Å²) in [5.74, 6) is 0.861. The Labute approximate surface area is 90.9 Å². The van der Waals surface area contributed by atoms with Crippen molar-refractivity contribution in [3.8, 4) is 0 Å². The van der Waals surface area contributed by atoms with Gasteiger partial charge >= 0.3 is 0 Å². The van der Waals surface area contributed by atoms with Crippen LogP contribution in [0, 0.1) is 11.3 Å². The van der Waals surface area contributed by atoms with E-state index in [1.807, 2.05) is 0 Å². The van der Waals surface area contributed by atoms with E-state index in [4.69, 9.17) is 0 Å². The lowest BCUT2D eigenvalue weighted by Crippen LogP contribution is -2.33. The molecule has 0 aliphatic heterocycles. The lowest BCUT2D eigenvalue weighted by molar-refractivity contribution is 0.175. The van der Waals surface area contributed by atoms with E-state index in [2.05, 4.69) is 46.6 Å². The molecule has 0 N–H and O–H groups in total. The molecule has 0 aliphatic rings. The number of rotatable bonds is 7. The van der Waals surface area contributed by atoms with Crippen molar-refractivity contribution in [3.63, 3.8) is 0 Å². The van der Waals surface area contributed by atoms with E-state index in [1.54, 1.807) is 0 Å². The minimum absolute atomic E-state index is 0.472. The first-order chi connectivity index (χ1) is 6.41. The lowest BCUT2D eigenvalue weighted by atomic mass is 9.82. The molecule has 0 spiro atoms. The molecule has 0 saturated carbocycles. The van der Waals surface area contributed by atoms with Crippen molar-refractivity contribution in [2.45, 2.75) is 53.9 Å². The molecule has 0 fully saturated rings. The Kier molecular flexibility index (Phi) is 6.43. The van der Waals surface area contributed by atoms with E-state index in [1.165, 1.54) is 32.4 Å². The predicted octanol–water partition coefficient (Wildman–Crippen LogP) is 3.79. The van der Waals surface area contributed by atoms with Crippen molar-refractivity contribution in [3.05, 3.63) is 0 Å². The van der Waals surface area contributed by atoms with Gasteiger partial charge in [-0.05, 0) is 37.8 Å². The summed E-state index contributed by atoms with van der Waals surface area (Å²) in [6, 6.07) is 0. The van der Waals surface area contributed by atoms with Crippen LogP contribution in [0.2, 0.25) is 0 Å². The second kappa shape index (κ2) is 6.44. The number of hydrogen-bond donors (Lipinski definition) is 0. The molecule has 0 radical (unpaired) electrons. The fourth-order valence-electron chi connectivity index (χ4n) is 2.34. The van der Waals surface area contributed by atoms with Crippen LogP contribution in [0.1, 0.15) is 53.9 Å². The highest BCUT2D eigenvalue weighted by atomic mass is 15.1. The summed E-state index contributed by atoms with van der Waals surface area (Å²) >= 11 is 0. The van der Waals surface area contributed by atoms with Gasteiger partial charge in [-0.2, -0.15) is 0 Å². The van der Waals surface area contributed by atoms with Gasteiger partial charge in [0.1, 0.15) is 0 Å². The number of hydrogen-bond acceptors (Lipinski definition) is 1. The topological polar surface area (TPSA) is 3.24 Å². The molecule has 0 aromatic carbocycles. The maximum atomic E-state index is 2.46. The van der Waals surface area contributed by atoms with Crippen LogP contribution >= 0.6 is 0 Å². The van der Waals surface area contributed by atoms with Gasteiger partial charge in [0.2, 0.25) is 0 Å². The van der Waals surface area contributed by atoms with Gasteiger partial charge in [0, 0.05) is 6.54 Å². The predicted molar refractivity (Wildman–Crippen MR) is 65.6 cm³/mol. The van der Waals surface area contributed by atoms with E-state index < -0.39 is 0 Å². The second-order valence-corrected chi connectivity index (χ2v) is 5.62. The zero-order valence-electron chi connectivity index (χ0n) is 11.1. The average Bonchev–Trinajstić information content (AvgIpc) is 2.02. The molecule has 1 heteroatoms. The first-order valence-corrected chi connectivity index (χ1v) is 6.09. The molecule has 0 bridgehead atoms. The Morgan fingerprint density at radius 3 is 2.21 bits per heavy atom. The zero-order chi connectivity index (χ0) is 11.2. The molecule has 0 saturated heterocycles. The van der Waals surface area contributed by atoms with Gasteiger partial charge in [-0.15, -0.1) is 0 Å². The van der Waals surface area contributed by atoms with Gasteiger partial charge in [0.05, 0.1) is 0 Å². The molecule has 0 rings (SSSR count). The summed E-state index contributed by atoms with van der Waals surface area (Å²) in [4.78, 5) is 2.46. The Morgan fingerprint density at radius 1 is 1.21 bits per heavy atom. The van der Waals surface area contributed by atoms with Gasteiger partial charge in [-0.3, -0.25) is 0 Å². The molecule has 1 nitrogen and oxygen atoms in total. The van der Waals surface area contributed by atoms with E-state index in [-0.39, 0.29) is 0 Å². The van der Waals surface area contributed by atoms with Crippen molar-refractivity contribution in [2.75, 3.05) is 20.1 Å². The normalized spacial score (nSPS) is 14.8. The highest BCUT2D eigenvalue weighted by molar-refractivity contribution is 4.74. The van der Waals surface area contributed by atoms with Crippen LogP contribution in [0.15, 0.2) is 0 Å². The summed E-state index contributed by atoms with van der Waals surface area (Å²) in [5, 5.41) is 0. The standard InChI is InChI=1S/C13H29N/c1-7-9-14(6)11-13(4,5)10-12(3)8-2/h12H,7-11H2,1-6H3. The van der Waals surface area contributed by atoms with E-state index in [0.29, 0.717) is 5.41 Å². The highest BCUT2D eigenvalue weighted by Crippen LogP contribution is 2.27. The van der Waals surface area contributed by atoms with Crippen LogP contribution in [0.5, 0.6) is 0 Å². The molecule has 0 aromatic rings. The van der Waals surface area contributed by atoms with Gasteiger partial charge in [0.25, 0.3) is 0 Å². The Bertz CT molecular complexity index is 140. The largest absolute Gasteiger partial charge is 0.306 e. The summed E-state index contributed by atoms with van der Waals surface area (Å²) in [5.41, 5.74) is 0.472. The molecule has 0 aliphatic carbocycles. The molecule has 86 valence electrons. The Balaban J connectivity index is 3.92. The lowest BCUT2D eigenvalue weighted by Gasteiger charge is -2.32. The molecule has 0 amide bonds. The first-order valence-electron chi connectivity index (χ1n) is 6.09. The van der Waals surface area contributed by atoms with Gasteiger partial charge in [0.15, 0.2) is 0 Å². The summed E-state index contributed by atoms with van der Waals surface area (Å²) in [7, 11) is 2.24. The molecular formula is C13H29N. The van der Waals surface area contributed by atoms with Crippen molar-refractivity contribution in [2.24, 2.45) is 11.3 Å². The fraction of sp³-hybridized carbons (Fsp3) is 1.00. The third-order valence-electron chi connectivity index (χ3n) is 2.90. The fourth-order valence-corrected chi connectivity index (χ4v) is 2.34. The van der Waals surface area contributed by atoms with Gasteiger partial charge in [-0.25, -0.2) is 0 Å². The van der Waals surface area contributed by atoms with Crippen molar-refractivity contribution < 1.29 is 0 Å². The maximum Gasteiger partial charge on any atom is 0.00297 e. The van der Waals surface area contributed by atoms with Crippen LogP contribution in [0.25, 0.3) is 0 Å². The quantitative estimate of drug-likeness (QED) is 0.603. The van der Waals surface area contributed by atoms with Crippen LogP contribution in [0.3, 0.4) is 0 Å². The van der Waals surface area contributed by atoms with E-state index in [9.17, 15) is 0 Å². The second-order valence-electron chi connectivity index (χ2n) is 5.62. The van der Waals surface area contributed by atoms with E-state index >= 15 is 0 Å². The summed E-state index contributed by atoms with van der Waals surface area (Å²) in [6.45, 7) is 14.1. The third kappa shape index (κ3) is 6.42. The van der Waals surface area contributed by atoms with Crippen molar-refractivity contribution >= 4 is 0 Å². The Morgan fingerprint density at radius 2 is 1.79 bits per heavy atom. The smallest absolute Gasteiger partial charge is 0.00297 e. The van der Waals surface area contributed by atoms with E-state index in [0.717, 1.165) is 5.92 Å². The van der Waals surface area contributed by atoms with Crippen molar-refractivity contribution in [1.29, 1.82) is 0 Å². The minimum atomic E-state index is 0.472. The Hall–Kier alpha value is -0.0400. The van der Waals surface area contributed by atoms with Crippen LogP contribution in [-0.4, -0.2) is 25.0 Å². The first kappa shape index (κ1) is 14.0. The average molecular weight is 199 g/mol. The van der Waals surface area contributed by atoms with Crippen LogP contribution < -0.4 is 0 Å². The number of nitrogens with zero attached hydrogens (tertiary/aromatic N) is 1. The molecule has 0 heterocycles. The molecule has 14 heavy (non-hydrogen) atoms. The maximum absolute atomic E-state index is 2.46. The molecule has 1 unspecified atom stereocenters.